The van der Waals surface area contributed by atoms with Crippen LogP contribution in [0.5, 0.6) is 5.75 Å². The van der Waals surface area contributed by atoms with Gasteiger partial charge in [0.15, 0.2) is 5.78 Å². The van der Waals surface area contributed by atoms with E-state index in [1.54, 1.807) is 58.5 Å². The number of esters is 2. The van der Waals surface area contributed by atoms with Gasteiger partial charge in [-0.15, -0.1) is 0 Å². The van der Waals surface area contributed by atoms with Gasteiger partial charge >= 0.3 is 11.9 Å². The molecule has 2 aliphatic rings. The quantitative estimate of drug-likeness (QED) is 0.426. The second-order valence-electron chi connectivity index (χ2n) is 8.78. The number of hydrogen-bond acceptors (Lipinski definition) is 8. The summed E-state index contributed by atoms with van der Waals surface area (Å²) in [6.07, 6.45) is 3.64. The summed E-state index contributed by atoms with van der Waals surface area (Å²) in [6, 6.07) is 10.9. The number of rotatable bonds is 7. The van der Waals surface area contributed by atoms with Crippen LogP contribution in [-0.2, 0) is 23.9 Å². The molecule has 8 nitrogen and oxygen atoms in total. The molecule has 0 amide bonds. The fourth-order valence-electron chi connectivity index (χ4n) is 5.24. The number of carbonyl (C=O) groups is 3. The third-order valence-corrected chi connectivity index (χ3v) is 6.77. The van der Waals surface area contributed by atoms with E-state index in [0.29, 0.717) is 34.7 Å². The highest BCUT2D eigenvalue weighted by Gasteiger charge is 2.53. The first-order valence-electron chi connectivity index (χ1n) is 12.1. The largest absolute Gasteiger partial charge is 0.497 e. The van der Waals surface area contributed by atoms with Crippen molar-refractivity contribution >= 4 is 23.4 Å². The predicted octanol–water partition coefficient (Wildman–Crippen LogP) is 4.02. The topological polar surface area (TPSA) is 104 Å². The van der Waals surface area contributed by atoms with Gasteiger partial charge in [0.1, 0.15) is 11.7 Å². The van der Waals surface area contributed by atoms with Gasteiger partial charge in [-0.2, -0.15) is 0 Å². The van der Waals surface area contributed by atoms with Crippen LogP contribution in [0.3, 0.4) is 0 Å². The fourth-order valence-corrected chi connectivity index (χ4v) is 5.24. The zero-order valence-electron chi connectivity index (χ0n) is 20.9. The third kappa shape index (κ3) is 4.67. The summed E-state index contributed by atoms with van der Waals surface area (Å²) in [6.45, 7) is 5.54. The Labute approximate surface area is 210 Å². The van der Waals surface area contributed by atoms with Crippen LogP contribution < -0.4 is 4.74 Å². The number of pyridine rings is 1. The number of nitrogens with zero attached hydrogens (tertiary/aromatic N) is 2. The molecule has 0 saturated heterocycles. The summed E-state index contributed by atoms with van der Waals surface area (Å²) in [7, 11) is 1.58. The number of Topliss-reactive ketones (excluding diaryl/α,β-unsaturated/α-hetero) is 1. The van der Waals surface area contributed by atoms with Crippen molar-refractivity contribution in [2.24, 2.45) is 16.8 Å². The lowest BCUT2D eigenvalue weighted by Gasteiger charge is -2.41. The Hall–Kier alpha value is -3.81. The van der Waals surface area contributed by atoms with E-state index in [2.05, 4.69) is 4.98 Å². The molecule has 1 saturated carbocycles. The minimum Gasteiger partial charge on any atom is -0.497 e. The number of carbonyl (C=O) groups excluding carboxylic acids is 3. The van der Waals surface area contributed by atoms with Crippen molar-refractivity contribution in [1.29, 1.82) is 0 Å². The zero-order chi connectivity index (χ0) is 25.8. The number of aromatic nitrogens is 1. The summed E-state index contributed by atoms with van der Waals surface area (Å²) < 4.78 is 16.0. The van der Waals surface area contributed by atoms with Crippen LogP contribution in [0.1, 0.15) is 50.2 Å². The molecular formula is C28H30N2O6. The first kappa shape index (κ1) is 25.3. The van der Waals surface area contributed by atoms with Gasteiger partial charge in [0.25, 0.3) is 0 Å². The van der Waals surface area contributed by atoms with Gasteiger partial charge in [0, 0.05) is 35.6 Å². The lowest BCUT2D eigenvalue weighted by Crippen LogP contribution is -2.48. The molecule has 0 spiro atoms. The van der Waals surface area contributed by atoms with E-state index in [9.17, 15) is 14.4 Å². The van der Waals surface area contributed by atoms with Crippen molar-refractivity contribution < 1.29 is 28.6 Å². The number of ketones is 1. The van der Waals surface area contributed by atoms with Crippen LogP contribution in [0.2, 0.25) is 0 Å². The van der Waals surface area contributed by atoms with Gasteiger partial charge in [0.2, 0.25) is 0 Å². The van der Waals surface area contributed by atoms with E-state index in [0.717, 1.165) is 5.56 Å². The lowest BCUT2D eigenvalue weighted by atomic mass is 9.62. The summed E-state index contributed by atoms with van der Waals surface area (Å²) in [5.41, 5.74) is 2.97. The maximum absolute atomic E-state index is 14.2. The van der Waals surface area contributed by atoms with Crippen molar-refractivity contribution in [2.45, 2.75) is 39.0 Å². The van der Waals surface area contributed by atoms with Crippen LogP contribution in [0.15, 0.2) is 65.1 Å². The summed E-state index contributed by atoms with van der Waals surface area (Å²) in [4.78, 5) is 49.4. The van der Waals surface area contributed by atoms with E-state index in [-0.39, 0.29) is 19.0 Å². The van der Waals surface area contributed by atoms with Gasteiger partial charge in [-0.3, -0.25) is 19.6 Å². The van der Waals surface area contributed by atoms with Gasteiger partial charge in [-0.05, 0) is 56.5 Å². The summed E-state index contributed by atoms with van der Waals surface area (Å²) >= 11 is 0. The minimum absolute atomic E-state index is 0.155. The van der Waals surface area contributed by atoms with E-state index in [1.807, 2.05) is 18.2 Å². The Bertz CT molecular complexity index is 1200. The minimum atomic E-state index is -1.04. The van der Waals surface area contributed by atoms with Crippen LogP contribution in [-0.4, -0.2) is 48.7 Å². The standard InChI is InChI=1S/C28H30N2O6/c1-5-35-27(32)22-16(3)30-21-14-20(17-9-11-19(34-4)12-10-17)24(28(33)36-6-2)26(31)25(21)23(22)18-8-7-13-29-15-18/h7-13,15,20,23-25H,5-6,14H2,1-4H3/t20-,23+,24+,25?/m0/s1. The van der Waals surface area contributed by atoms with Crippen molar-refractivity contribution in [3.63, 3.8) is 0 Å². The molecular weight excluding hydrogens is 460 g/mol. The number of ether oxygens (including phenoxy) is 3. The Morgan fingerprint density at radius 2 is 1.72 bits per heavy atom. The molecule has 1 aromatic heterocycles. The molecule has 1 unspecified atom stereocenters. The number of aliphatic imine (C=N–C) groups is 1. The van der Waals surface area contributed by atoms with Crippen molar-refractivity contribution in [1.82, 2.24) is 4.98 Å². The highest BCUT2D eigenvalue weighted by Crippen LogP contribution is 2.48. The molecule has 2 aromatic rings. The molecule has 1 aromatic carbocycles. The summed E-state index contributed by atoms with van der Waals surface area (Å²) in [5, 5.41) is 0. The zero-order valence-corrected chi connectivity index (χ0v) is 20.9. The van der Waals surface area contributed by atoms with Crippen molar-refractivity contribution in [3.8, 4) is 5.75 Å². The number of hydrogen-bond donors (Lipinski definition) is 0. The van der Waals surface area contributed by atoms with Crippen molar-refractivity contribution in [2.75, 3.05) is 20.3 Å². The molecule has 1 aliphatic carbocycles. The average molecular weight is 491 g/mol. The van der Waals surface area contributed by atoms with E-state index < -0.39 is 35.6 Å². The normalized spacial score (nSPS) is 23.4. The molecule has 2 heterocycles. The Balaban J connectivity index is 1.86. The maximum atomic E-state index is 14.2. The molecule has 1 aliphatic heterocycles. The van der Waals surface area contributed by atoms with Gasteiger partial charge in [-0.25, -0.2) is 4.79 Å². The van der Waals surface area contributed by atoms with Gasteiger partial charge in [0.05, 0.1) is 31.8 Å². The molecule has 8 heteroatoms. The second kappa shape index (κ2) is 10.8. The number of benzene rings is 1. The number of methoxy groups -OCH3 is 1. The molecule has 188 valence electrons. The molecule has 4 rings (SSSR count). The van der Waals surface area contributed by atoms with Gasteiger partial charge in [-0.1, -0.05) is 18.2 Å². The molecule has 36 heavy (non-hydrogen) atoms. The van der Waals surface area contributed by atoms with E-state index in [1.165, 1.54) is 0 Å². The fraction of sp³-hybridized carbons (Fsp3) is 0.393. The van der Waals surface area contributed by atoms with Crippen LogP contribution in [0.25, 0.3) is 0 Å². The molecule has 0 radical (unpaired) electrons. The Morgan fingerprint density at radius 3 is 2.33 bits per heavy atom. The SMILES string of the molecule is CCOC(=O)C1=C(C)N=C2C[C@@H](c3ccc(OC)cc3)[C@@H](C(=O)OCC)C(=O)C2[C@@H]1c1cccnc1. The number of allylic oxidation sites excluding steroid dienone is 1. The predicted molar refractivity (Wildman–Crippen MR) is 133 cm³/mol. The second-order valence-corrected chi connectivity index (χ2v) is 8.78. The first-order chi connectivity index (χ1) is 17.4. The molecule has 4 atom stereocenters. The van der Waals surface area contributed by atoms with E-state index in [4.69, 9.17) is 19.2 Å². The highest BCUT2D eigenvalue weighted by molar-refractivity contribution is 6.17. The van der Waals surface area contributed by atoms with E-state index >= 15 is 0 Å². The summed E-state index contributed by atoms with van der Waals surface area (Å²) in [5.74, 6) is -3.70. The third-order valence-electron chi connectivity index (χ3n) is 6.77. The highest BCUT2D eigenvalue weighted by atomic mass is 16.5. The molecule has 1 fully saturated rings. The monoisotopic (exact) mass is 490 g/mol. The first-order valence-corrected chi connectivity index (χ1v) is 12.1. The maximum Gasteiger partial charge on any atom is 0.336 e. The van der Waals surface area contributed by atoms with Crippen LogP contribution in [0.4, 0.5) is 0 Å². The Morgan fingerprint density at radius 1 is 1.00 bits per heavy atom. The number of fused-ring (bicyclic) bond motifs is 1. The van der Waals surface area contributed by atoms with Crippen LogP contribution in [0, 0.1) is 11.8 Å². The van der Waals surface area contributed by atoms with Crippen LogP contribution >= 0.6 is 0 Å². The molecule has 0 bridgehead atoms. The Kier molecular flexibility index (Phi) is 7.62. The average Bonchev–Trinajstić information content (AvgIpc) is 2.88. The van der Waals surface area contributed by atoms with Gasteiger partial charge < -0.3 is 14.2 Å². The lowest BCUT2D eigenvalue weighted by molar-refractivity contribution is -0.153. The molecule has 0 N–H and O–H groups in total. The smallest absolute Gasteiger partial charge is 0.336 e. The van der Waals surface area contributed by atoms with Crippen molar-refractivity contribution in [3.05, 3.63) is 71.2 Å².